The highest BCUT2D eigenvalue weighted by atomic mass is 16.4. The van der Waals surface area contributed by atoms with Crippen molar-refractivity contribution >= 4 is 5.97 Å². The van der Waals surface area contributed by atoms with Gasteiger partial charge >= 0.3 is 5.97 Å². The number of aliphatic carboxylic acids is 1. The van der Waals surface area contributed by atoms with Crippen LogP contribution in [0, 0.1) is 0 Å². The quantitative estimate of drug-likeness (QED) is 0.585. The van der Waals surface area contributed by atoms with E-state index in [9.17, 15) is 4.79 Å². The lowest BCUT2D eigenvalue weighted by Gasteiger charge is -2.26. The molecule has 0 aliphatic heterocycles. The molecule has 3 nitrogen and oxygen atoms in total. The predicted octanol–water partition coefficient (Wildman–Crippen LogP) is 3.14. The minimum absolute atomic E-state index is 0.290. The lowest BCUT2D eigenvalue weighted by molar-refractivity contribution is -0.137. The maximum Gasteiger partial charge on any atom is 0.303 e. The molecule has 0 amide bonds. The van der Waals surface area contributed by atoms with Crippen molar-refractivity contribution in [3.63, 3.8) is 0 Å². The molecular formula is C13H27NO2. The summed E-state index contributed by atoms with van der Waals surface area (Å²) in [5.41, 5.74) is 0. The van der Waals surface area contributed by atoms with Gasteiger partial charge in [-0.2, -0.15) is 0 Å². The number of carbonyl (C=O) groups is 1. The lowest BCUT2D eigenvalue weighted by Crippen LogP contribution is -2.33. The van der Waals surface area contributed by atoms with Crippen molar-refractivity contribution in [2.24, 2.45) is 0 Å². The molecule has 0 aromatic rings. The third-order valence-corrected chi connectivity index (χ3v) is 2.87. The number of carboxylic acids is 1. The predicted molar refractivity (Wildman–Crippen MR) is 67.7 cm³/mol. The minimum Gasteiger partial charge on any atom is -0.481 e. The molecule has 1 N–H and O–H groups in total. The van der Waals surface area contributed by atoms with Gasteiger partial charge in [-0.05, 0) is 39.8 Å². The van der Waals surface area contributed by atoms with Gasteiger partial charge in [-0.25, -0.2) is 0 Å². The van der Waals surface area contributed by atoms with Gasteiger partial charge in [0, 0.05) is 12.5 Å². The van der Waals surface area contributed by atoms with Gasteiger partial charge in [0.1, 0.15) is 0 Å². The molecular weight excluding hydrogens is 202 g/mol. The second-order valence-electron chi connectivity index (χ2n) is 4.69. The highest BCUT2D eigenvalue weighted by Crippen LogP contribution is 2.06. The molecule has 3 heteroatoms. The van der Waals surface area contributed by atoms with E-state index < -0.39 is 5.97 Å². The van der Waals surface area contributed by atoms with Crippen LogP contribution in [0.25, 0.3) is 0 Å². The Labute approximate surface area is 99.8 Å². The van der Waals surface area contributed by atoms with Crippen molar-refractivity contribution in [2.45, 2.75) is 65.3 Å². The SMILES string of the molecule is CCCCCCN(CCCC(=O)O)C(C)C. The van der Waals surface area contributed by atoms with Gasteiger partial charge in [0.05, 0.1) is 0 Å². The Bertz CT molecular complexity index is 181. The van der Waals surface area contributed by atoms with Crippen LogP contribution in [-0.2, 0) is 4.79 Å². The second-order valence-corrected chi connectivity index (χ2v) is 4.69. The average molecular weight is 229 g/mol. The zero-order valence-corrected chi connectivity index (χ0v) is 11.0. The summed E-state index contributed by atoms with van der Waals surface area (Å²) in [7, 11) is 0. The van der Waals surface area contributed by atoms with Gasteiger partial charge in [-0.15, -0.1) is 0 Å². The number of hydrogen-bond donors (Lipinski definition) is 1. The van der Waals surface area contributed by atoms with E-state index >= 15 is 0 Å². The molecule has 0 saturated heterocycles. The summed E-state index contributed by atoms with van der Waals surface area (Å²) < 4.78 is 0. The lowest BCUT2D eigenvalue weighted by atomic mass is 10.1. The molecule has 0 heterocycles. The molecule has 0 atom stereocenters. The summed E-state index contributed by atoms with van der Waals surface area (Å²) in [5, 5.41) is 8.59. The van der Waals surface area contributed by atoms with E-state index in [1.54, 1.807) is 0 Å². The van der Waals surface area contributed by atoms with Crippen LogP contribution in [-0.4, -0.2) is 35.1 Å². The highest BCUT2D eigenvalue weighted by molar-refractivity contribution is 5.66. The highest BCUT2D eigenvalue weighted by Gasteiger charge is 2.09. The molecule has 0 rings (SSSR count). The number of nitrogens with zero attached hydrogens (tertiary/aromatic N) is 1. The van der Waals surface area contributed by atoms with Crippen LogP contribution in [0.15, 0.2) is 0 Å². The molecule has 0 aromatic carbocycles. The number of hydrogen-bond acceptors (Lipinski definition) is 2. The summed E-state index contributed by atoms with van der Waals surface area (Å²) in [5.74, 6) is -0.685. The third-order valence-electron chi connectivity index (χ3n) is 2.87. The standard InChI is InChI=1S/C13H27NO2/c1-4-5-6-7-10-14(12(2)3)11-8-9-13(15)16/h12H,4-11H2,1-3H3,(H,15,16). The van der Waals surface area contributed by atoms with Crippen molar-refractivity contribution in [1.82, 2.24) is 4.90 Å². The van der Waals surface area contributed by atoms with Crippen molar-refractivity contribution in [1.29, 1.82) is 0 Å². The fourth-order valence-electron chi connectivity index (χ4n) is 1.80. The van der Waals surface area contributed by atoms with Gasteiger partial charge in [0.2, 0.25) is 0 Å². The van der Waals surface area contributed by atoms with E-state index in [1.165, 1.54) is 25.7 Å². The molecule has 0 radical (unpaired) electrons. The summed E-state index contributed by atoms with van der Waals surface area (Å²) in [6.45, 7) is 8.60. The zero-order valence-electron chi connectivity index (χ0n) is 11.0. The van der Waals surface area contributed by atoms with Crippen molar-refractivity contribution in [3.8, 4) is 0 Å². The van der Waals surface area contributed by atoms with Crippen LogP contribution < -0.4 is 0 Å². The average Bonchev–Trinajstić information content (AvgIpc) is 2.20. The zero-order chi connectivity index (χ0) is 12.4. The number of unbranched alkanes of at least 4 members (excludes halogenated alkanes) is 3. The number of rotatable bonds is 10. The third kappa shape index (κ3) is 8.72. The monoisotopic (exact) mass is 229 g/mol. The van der Waals surface area contributed by atoms with Crippen LogP contribution in [0.3, 0.4) is 0 Å². The Morgan fingerprint density at radius 1 is 1.12 bits per heavy atom. The van der Waals surface area contributed by atoms with Crippen molar-refractivity contribution in [3.05, 3.63) is 0 Å². The van der Waals surface area contributed by atoms with Crippen LogP contribution in [0.2, 0.25) is 0 Å². The molecule has 0 spiro atoms. The summed E-state index contributed by atoms with van der Waals surface area (Å²) in [6, 6.07) is 0.524. The molecule has 0 fully saturated rings. The molecule has 96 valence electrons. The van der Waals surface area contributed by atoms with Gasteiger partial charge in [0.25, 0.3) is 0 Å². The van der Waals surface area contributed by atoms with Crippen LogP contribution in [0.5, 0.6) is 0 Å². The van der Waals surface area contributed by atoms with E-state index in [4.69, 9.17) is 5.11 Å². The van der Waals surface area contributed by atoms with E-state index in [0.717, 1.165) is 19.5 Å². The Hall–Kier alpha value is -0.570. The molecule has 0 saturated carbocycles. The number of carboxylic acid groups (broad SMARTS) is 1. The molecule has 0 unspecified atom stereocenters. The molecule has 0 aliphatic rings. The molecule has 0 aliphatic carbocycles. The first-order valence-corrected chi connectivity index (χ1v) is 6.53. The fraction of sp³-hybridized carbons (Fsp3) is 0.923. The first-order valence-electron chi connectivity index (χ1n) is 6.53. The van der Waals surface area contributed by atoms with Gasteiger partial charge < -0.3 is 10.0 Å². The van der Waals surface area contributed by atoms with E-state index in [0.29, 0.717) is 6.04 Å². The Balaban J connectivity index is 3.66. The van der Waals surface area contributed by atoms with Gasteiger partial charge in [-0.3, -0.25) is 4.79 Å². The maximum absolute atomic E-state index is 10.4. The molecule has 0 bridgehead atoms. The fourth-order valence-corrected chi connectivity index (χ4v) is 1.80. The Morgan fingerprint density at radius 2 is 1.75 bits per heavy atom. The summed E-state index contributed by atoms with van der Waals surface area (Å²) in [6.07, 6.45) is 6.15. The maximum atomic E-state index is 10.4. The smallest absolute Gasteiger partial charge is 0.303 e. The van der Waals surface area contributed by atoms with Gasteiger partial charge in [0.15, 0.2) is 0 Å². The molecule has 16 heavy (non-hydrogen) atoms. The Morgan fingerprint density at radius 3 is 2.25 bits per heavy atom. The largest absolute Gasteiger partial charge is 0.481 e. The normalized spacial score (nSPS) is 11.3. The minimum atomic E-state index is -0.685. The molecule has 0 aromatic heterocycles. The topological polar surface area (TPSA) is 40.5 Å². The summed E-state index contributed by atoms with van der Waals surface area (Å²) in [4.78, 5) is 12.8. The summed E-state index contributed by atoms with van der Waals surface area (Å²) >= 11 is 0. The van der Waals surface area contributed by atoms with E-state index in [1.807, 2.05) is 0 Å². The first kappa shape index (κ1) is 15.4. The van der Waals surface area contributed by atoms with Crippen LogP contribution >= 0.6 is 0 Å². The van der Waals surface area contributed by atoms with E-state index in [-0.39, 0.29) is 6.42 Å². The van der Waals surface area contributed by atoms with E-state index in [2.05, 4.69) is 25.7 Å². The Kier molecular flexibility index (Phi) is 9.30. The van der Waals surface area contributed by atoms with Crippen LogP contribution in [0.1, 0.15) is 59.3 Å². The first-order chi connectivity index (χ1) is 7.57. The van der Waals surface area contributed by atoms with Crippen LogP contribution in [0.4, 0.5) is 0 Å². The second kappa shape index (κ2) is 9.64. The van der Waals surface area contributed by atoms with Crippen molar-refractivity contribution < 1.29 is 9.90 Å². The van der Waals surface area contributed by atoms with Crippen molar-refractivity contribution in [2.75, 3.05) is 13.1 Å². The van der Waals surface area contributed by atoms with Gasteiger partial charge in [-0.1, -0.05) is 26.2 Å².